The molecule has 0 saturated carbocycles. The third kappa shape index (κ3) is 5.35. The van der Waals surface area contributed by atoms with E-state index in [0.29, 0.717) is 23.8 Å². The lowest BCUT2D eigenvalue weighted by Gasteiger charge is -2.10. The number of nitrogens with zero attached hydrogens (tertiary/aromatic N) is 1. The molecule has 0 bridgehead atoms. The SMILES string of the molecule is CC(C)COc1ccccc1/C=N/NS(=O)(=O)c1ccc(Br)cc1. The van der Waals surface area contributed by atoms with Crippen LogP contribution in [0.15, 0.2) is 63.0 Å². The zero-order chi connectivity index (χ0) is 17.6. The van der Waals surface area contributed by atoms with Gasteiger partial charge in [0.15, 0.2) is 0 Å². The molecule has 1 N–H and O–H groups in total. The molecule has 0 aliphatic rings. The van der Waals surface area contributed by atoms with Crippen LogP contribution in [0.5, 0.6) is 5.75 Å². The van der Waals surface area contributed by atoms with Crippen molar-refractivity contribution in [3.8, 4) is 5.75 Å². The molecule has 0 aliphatic heterocycles. The molecule has 2 rings (SSSR count). The third-order valence-electron chi connectivity index (χ3n) is 2.99. The molecule has 7 heteroatoms. The van der Waals surface area contributed by atoms with Crippen LogP contribution < -0.4 is 9.57 Å². The van der Waals surface area contributed by atoms with Crippen LogP contribution in [-0.4, -0.2) is 21.2 Å². The van der Waals surface area contributed by atoms with Gasteiger partial charge in [0.05, 0.1) is 17.7 Å². The number of hydrogen-bond donors (Lipinski definition) is 1. The Bertz CT molecular complexity index is 803. The Balaban J connectivity index is 2.10. The molecule has 5 nitrogen and oxygen atoms in total. The first-order valence-corrected chi connectivity index (χ1v) is 9.68. The zero-order valence-corrected chi connectivity index (χ0v) is 15.8. The highest BCUT2D eigenvalue weighted by Crippen LogP contribution is 2.17. The minimum atomic E-state index is -3.70. The lowest BCUT2D eigenvalue weighted by Crippen LogP contribution is -2.18. The minimum absolute atomic E-state index is 0.146. The molecule has 0 heterocycles. The van der Waals surface area contributed by atoms with Gasteiger partial charge in [0.25, 0.3) is 10.0 Å². The summed E-state index contributed by atoms with van der Waals surface area (Å²) in [5.74, 6) is 1.06. The summed E-state index contributed by atoms with van der Waals surface area (Å²) >= 11 is 3.27. The second kappa shape index (κ2) is 8.30. The predicted octanol–water partition coefficient (Wildman–Crippen LogP) is 3.80. The Hall–Kier alpha value is -1.86. The number of sulfonamides is 1. The van der Waals surface area contributed by atoms with Crippen LogP contribution in [0.4, 0.5) is 0 Å². The number of hydrazone groups is 1. The number of rotatable bonds is 7. The van der Waals surface area contributed by atoms with Crippen LogP contribution in [0.1, 0.15) is 19.4 Å². The zero-order valence-electron chi connectivity index (χ0n) is 13.4. The van der Waals surface area contributed by atoms with Crippen molar-refractivity contribution in [1.29, 1.82) is 0 Å². The van der Waals surface area contributed by atoms with E-state index in [1.807, 2.05) is 24.3 Å². The molecule has 0 aliphatic carbocycles. The second-order valence-electron chi connectivity index (χ2n) is 5.55. The number of para-hydroxylation sites is 1. The summed E-state index contributed by atoms with van der Waals surface area (Å²) in [4.78, 5) is 2.35. The van der Waals surface area contributed by atoms with E-state index in [0.717, 1.165) is 4.47 Å². The summed E-state index contributed by atoms with van der Waals surface area (Å²) < 4.78 is 30.8. The fourth-order valence-electron chi connectivity index (χ4n) is 1.81. The Morgan fingerprint density at radius 1 is 1.17 bits per heavy atom. The van der Waals surface area contributed by atoms with E-state index in [9.17, 15) is 8.42 Å². The molecule has 24 heavy (non-hydrogen) atoms. The van der Waals surface area contributed by atoms with E-state index in [2.05, 4.69) is 39.7 Å². The average Bonchev–Trinajstić information content (AvgIpc) is 2.54. The summed E-state index contributed by atoms with van der Waals surface area (Å²) in [6.07, 6.45) is 1.44. The third-order valence-corrected chi connectivity index (χ3v) is 4.76. The maximum absolute atomic E-state index is 12.2. The van der Waals surface area contributed by atoms with E-state index in [4.69, 9.17) is 4.74 Å². The van der Waals surface area contributed by atoms with E-state index in [-0.39, 0.29) is 4.90 Å². The van der Waals surface area contributed by atoms with Gasteiger partial charge in [-0.15, -0.1) is 0 Å². The first-order chi connectivity index (χ1) is 11.4. The highest BCUT2D eigenvalue weighted by molar-refractivity contribution is 9.10. The number of ether oxygens (including phenoxy) is 1. The summed E-state index contributed by atoms with van der Waals surface area (Å²) in [5.41, 5.74) is 0.705. The van der Waals surface area contributed by atoms with Crippen molar-refractivity contribution in [2.45, 2.75) is 18.7 Å². The molecule has 0 amide bonds. The summed E-state index contributed by atoms with van der Waals surface area (Å²) in [5, 5.41) is 3.85. The van der Waals surface area contributed by atoms with Crippen molar-refractivity contribution >= 4 is 32.2 Å². The molecule has 0 radical (unpaired) electrons. The van der Waals surface area contributed by atoms with E-state index in [1.54, 1.807) is 12.1 Å². The van der Waals surface area contributed by atoms with Gasteiger partial charge in [0.1, 0.15) is 5.75 Å². The Labute approximate surface area is 150 Å². The molecule has 2 aromatic carbocycles. The van der Waals surface area contributed by atoms with Gasteiger partial charge in [-0.3, -0.25) is 0 Å². The Morgan fingerprint density at radius 3 is 2.50 bits per heavy atom. The topological polar surface area (TPSA) is 67.8 Å². The van der Waals surface area contributed by atoms with Gasteiger partial charge in [-0.05, 0) is 42.3 Å². The van der Waals surface area contributed by atoms with Crippen LogP contribution >= 0.6 is 15.9 Å². The van der Waals surface area contributed by atoms with Gasteiger partial charge in [0.2, 0.25) is 0 Å². The van der Waals surface area contributed by atoms with Gasteiger partial charge >= 0.3 is 0 Å². The van der Waals surface area contributed by atoms with Crippen molar-refractivity contribution in [3.05, 3.63) is 58.6 Å². The summed E-state index contributed by atoms with van der Waals surface area (Å²) in [6.45, 7) is 4.70. The number of nitrogens with one attached hydrogen (secondary N) is 1. The number of halogens is 1. The Morgan fingerprint density at radius 2 is 1.83 bits per heavy atom. The molecular formula is C17H19BrN2O3S. The minimum Gasteiger partial charge on any atom is -0.493 e. The lowest BCUT2D eigenvalue weighted by atomic mass is 10.2. The monoisotopic (exact) mass is 410 g/mol. The van der Waals surface area contributed by atoms with Crippen LogP contribution in [0, 0.1) is 5.92 Å². The molecule has 0 unspecified atom stereocenters. The first kappa shape index (κ1) is 18.5. The number of benzene rings is 2. The van der Waals surface area contributed by atoms with Crippen molar-refractivity contribution in [1.82, 2.24) is 4.83 Å². The molecule has 0 aromatic heterocycles. The fraction of sp³-hybridized carbons (Fsp3) is 0.235. The molecule has 0 saturated heterocycles. The van der Waals surface area contributed by atoms with Gasteiger partial charge in [-0.25, -0.2) is 4.83 Å². The van der Waals surface area contributed by atoms with Crippen molar-refractivity contribution in [2.24, 2.45) is 11.0 Å². The Kier molecular flexibility index (Phi) is 6.39. The quantitative estimate of drug-likeness (QED) is 0.557. The lowest BCUT2D eigenvalue weighted by molar-refractivity contribution is 0.270. The summed E-state index contributed by atoms with van der Waals surface area (Å²) in [7, 11) is -3.70. The van der Waals surface area contributed by atoms with Crippen LogP contribution in [-0.2, 0) is 10.0 Å². The van der Waals surface area contributed by atoms with Gasteiger partial charge in [-0.2, -0.15) is 13.5 Å². The maximum Gasteiger partial charge on any atom is 0.276 e. The van der Waals surface area contributed by atoms with Crippen LogP contribution in [0.3, 0.4) is 0 Å². The first-order valence-electron chi connectivity index (χ1n) is 7.41. The van der Waals surface area contributed by atoms with Crippen LogP contribution in [0.25, 0.3) is 0 Å². The maximum atomic E-state index is 12.2. The predicted molar refractivity (Wildman–Crippen MR) is 98.8 cm³/mol. The van der Waals surface area contributed by atoms with Crippen molar-refractivity contribution in [3.63, 3.8) is 0 Å². The van der Waals surface area contributed by atoms with E-state index in [1.165, 1.54) is 18.3 Å². The van der Waals surface area contributed by atoms with Crippen molar-refractivity contribution in [2.75, 3.05) is 6.61 Å². The average molecular weight is 411 g/mol. The molecule has 0 fully saturated rings. The highest BCUT2D eigenvalue weighted by Gasteiger charge is 2.12. The van der Waals surface area contributed by atoms with Crippen molar-refractivity contribution < 1.29 is 13.2 Å². The molecule has 0 spiro atoms. The van der Waals surface area contributed by atoms with Gasteiger partial charge < -0.3 is 4.74 Å². The standard InChI is InChI=1S/C17H19BrN2O3S/c1-13(2)12-23-17-6-4-3-5-14(17)11-19-20-24(21,22)16-9-7-15(18)8-10-16/h3-11,13,20H,12H2,1-2H3/b19-11+. The van der Waals surface area contributed by atoms with E-state index >= 15 is 0 Å². The normalized spacial score (nSPS) is 11.8. The fourth-order valence-corrected chi connectivity index (χ4v) is 2.86. The largest absolute Gasteiger partial charge is 0.493 e. The van der Waals surface area contributed by atoms with Gasteiger partial charge in [-0.1, -0.05) is 41.9 Å². The highest BCUT2D eigenvalue weighted by atomic mass is 79.9. The van der Waals surface area contributed by atoms with E-state index < -0.39 is 10.0 Å². The smallest absolute Gasteiger partial charge is 0.276 e. The molecule has 2 aromatic rings. The summed E-state index contributed by atoms with van der Waals surface area (Å²) in [6, 6.07) is 13.7. The molecule has 0 atom stereocenters. The molecule has 128 valence electrons. The van der Waals surface area contributed by atoms with Crippen LogP contribution in [0.2, 0.25) is 0 Å². The molecular weight excluding hydrogens is 392 g/mol. The van der Waals surface area contributed by atoms with Gasteiger partial charge in [0, 0.05) is 10.0 Å². The number of hydrogen-bond acceptors (Lipinski definition) is 4. The second-order valence-corrected chi connectivity index (χ2v) is 8.13.